The van der Waals surface area contributed by atoms with Gasteiger partial charge in [-0.05, 0) is 36.8 Å². The molecule has 0 amide bonds. The van der Waals surface area contributed by atoms with E-state index in [9.17, 15) is 0 Å². The van der Waals surface area contributed by atoms with Crippen LogP contribution in [0.5, 0.6) is 5.88 Å². The van der Waals surface area contributed by atoms with Crippen LogP contribution in [0.4, 0.5) is 0 Å². The van der Waals surface area contributed by atoms with Crippen LogP contribution in [0.15, 0.2) is 36.4 Å². The molecular formula is C14H13Cl2NO. The molecule has 94 valence electrons. The Morgan fingerprint density at radius 3 is 2.78 bits per heavy atom. The first kappa shape index (κ1) is 13.2. The highest BCUT2D eigenvalue weighted by atomic mass is 35.5. The van der Waals surface area contributed by atoms with Crippen molar-refractivity contribution in [2.45, 2.75) is 6.92 Å². The van der Waals surface area contributed by atoms with E-state index in [-0.39, 0.29) is 0 Å². The lowest BCUT2D eigenvalue weighted by atomic mass is 10.1. The lowest BCUT2D eigenvalue weighted by molar-refractivity contribution is 0.330. The number of hydrogen-bond acceptors (Lipinski definition) is 2. The second-order valence-electron chi connectivity index (χ2n) is 3.85. The highest BCUT2D eigenvalue weighted by Gasteiger charge is 2.08. The zero-order valence-corrected chi connectivity index (χ0v) is 11.5. The molecule has 4 heteroatoms. The number of hydrogen-bond donors (Lipinski definition) is 0. The van der Waals surface area contributed by atoms with E-state index in [1.807, 2.05) is 43.3 Å². The average molecular weight is 282 g/mol. The quantitative estimate of drug-likeness (QED) is 0.779. The van der Waals surface area contributed by atoms with Crippen LogP contribution in [0.2, 0.25) is 5.02 Å². The van der Waals surface area contributed by atoms with Gasteiger partial charge < -0.3 is 4.74 Å². The SMILES string of the molecule is Cc1ccc(-c2cccc(Cl)c2)c(OCCCl)n1. The molecule has 0 atom stereocenters. The molecule has 0 aliphatic heterocycles. The summed E-state index contributed by atoms with van der Waals surface area (Å²) in [6.45, 7) is 2.36. The molecule has 0 aliphatic rings. The topological polar surface area (TPSA) is 22.1 Å². The largest absolute Gasteiger partial charge is 0.476 e. The molecule has 0 bridgehead atoms. The molecule has 2 rings (SSSR count). The maximum atomic E-state index is 6.00. The van der Waals surface area contributed by atoms with Crippen LogP contribution in [-0.4, -0.2) is 17.5 Å². The van der Waals surface area contributed by atoms with E-state index in [1.54, 1.807) is 0 Å². The summed E-state index contributed by atoms with van der Waals surface area (Å²) >= 11 is 11.6. The summed E-state index contributed by atoms with van der Waals surface area (Å²) in [5.41, 5.74) is 2.82. The Morgan fingerprint density at radius 1 is 1.22 bits per heavy atom. The Morgan fingerprint density at radius 2 is 2.06 bits per heavy atom. The van der Waals surface area contributed by atoms with E-state index in [4.69, 9.17) is 27.9 Å². The molecule has 2 aromatic rings. The van der Waals surface area contributed by atoms with Crippen molar-refractivity contribution in [2.24, 2.45) is 0 Å². The minimum atomic E-state index is 0.435. The maximum Gasteiger partial charge on any atom is 0.221 e. The molecule has 0 saturated heterocycles. The van der Waals surface area contributed by atoms with Gasteiger partial charge in [-0.2, -0.15) is 0 Å². The van der Waals surface area contributed by atoms with Crippen molar-refractivity contribution < 1.29 is 4.74 Å². The number of pyridine rings is 1. The fourth-order valence-electron chi connectivity index (χ4n) is 1.65. The average Bonchev–Trinajstić information content (AvgIpc) is 2.36. The smallest absolute Gasteiger partial charge is 0.221 e. The summed E-state index contributed by atoms with van der Waals surface area (Å²) in [7, 11) is 0. The van der Waals surface area contributed by atoms with Gasteiger partial charge in [-0.1, -0.05) is 23.7 Å². The lowest BCUT2D eigenvalue weighted by Crippen LogP contribution is -2.02. The molecule has 18 heavy (non-hydrogen) atoms. The van der Waals surface area contributed by atoms with Gasteiger partial charge in [-0.15, -0.1) is 11.6 Å². The molecule has 2 nitrogen and oxygen atoms in total. The zero-order valence-electron chi connectivity index (χ0n) is 9.99. The van der Waals surface area contributed by atoms with Gasteiger partial charge in [0, 0.05) is 16.3 Å². The van der Waals surface area contributed by atoms with Crippen molar-refractivity contribution in [1.82, 2.24) is 4.98 Å². The molecule has 0 radical (unpaired) electrons. The zero-order chi connectivity index (χ0) is 13.0. The van der Waals surface area contributed by atoms with E-state index in [1.165, 1.54) is 0 Å². The Balaban J connectivity index is 2.42. The third-order valence-electron chi connectivity index (χ3n) is 2.45. The van der Waals surface area contributed by atoms with Gasteiger partial charge in [0.1, 0.15) is 6.61 Å². The number of aryl methyl sites for hydroxylation is 1. The third-order valence-corrected chi connectivity index (χ3v) is 2.84. The number of ether oxygens (including phenoxy) is 1. The summed E-state index contributed by atoms with van der Waals surface area (Å²) in [6, 6.07) is 11.5. The van der Waals surface area contributed by atoms with Crippen molar-refractivity contribution in [3.05, 3.63) is 47.1 Å². The highest BCUT2D eigenvalue weighted by Crippen LogP contribution is 2.30. The Hall–Kier alpha value is -1.25. The molecule has 1 aromatic carbocycles. The first-order chi connectivity index (χ1) is 8.70. The molecule has 0 unspecified atom stereocenters. The predicted molar refractivity (Wildman–Crippen MR) is 75.6 cm³/mol. The van der Waals surface area contributed by atoms with Crippen molar-refractivity contribution >= 4 is 23.2 Å². The van der Waals surface area contributed by atoms with Crippen molar-refractivity contribution in [3.63, 3.8) is 0 Å². The van der Waals surface area contributed by atoms with Gasteiger partial charge in [-0.3, -0.25) is 0 Å². The first-order valence-corrected chi connectivity index (χ1v) is 6.54. The van der Waals surface area contributed by atoms with Crippen molar-refractivity contribution in [3.8, 4) is 17.0 Å². The number of rotatable bonds is 4. The molecule has 0 saturated carbocycles. The minimum absolute atomic E-state index is 0.435. The molecular weight excluding hydrogens is 269 g/mol. The van der Waals surface area contributed by atoms with Crippen LogP contribution < -0.4 is 4.74 Å². The molecule has 0 aliphatic carbocycles. The Bertz CT molecular complexity index is 543. The van der Waals surface area contributed by atoms with Crippen LogP contribution in [0.1, 0.15) is 5.69 Å². The summed E-state index contributed by atoms with van der Waals surface area (Å²) in [5, 5.41) is 0.691. The summed E-state index contributed by atoms with van der Waals surface area (Å²) < 4.78 is 5.58. The van der Waals surface area contributed by atoms with Gasteiger partial charge in [0.25, 0.3) is 0 Å². The Kier molecular flexibility index (Phi) is 4.45. The number of benzene rings is 1. The standard InChI is InChI=1S/C14H13Cl2NO/c1-10-5-6-13(14(17-10)18-8-7-15)11-3-2-4-12(16)9-11/h2-6,9H,7-8H2,1H3. The fraction of sp³-hybridized carbons (Fsp3) is 0.214. The molecule has 0 spiro atoms. The van der Waals surface area contributed by atoms with Crippen LogP contribution >= 0.6 is 23.2 Å². The van der Waals surface area contributed by atoms with Crippen molar-refractivity contribution in [1.29, 1.82) is 0 Å². The first-order valence-electron chi connectivity index (χ1n) is 5.63. The van der Waals surface area contributed by atoms with E-state index in [0.717, 1.165) is 16.8 Å². The monoisotopic (exact) mass is 281 g/mol. The van der Waals surface area contributed by atoms with Gasteiger partial charge in [-0.25, -0.2) is 4.98 Å². The second kappa shape index (κ2) is 6.07. The number of aromatic nitrogens is 1. The molecule has 0 fully saturated rings. The summed E-state index contributed by atoms with van der Waals surface area (Å²) in [5.74, 6) is 1.03. The summed E-state index contributed by atoms with van der Waals surface area (Å²) in [6.07, 6.45) is 0. The van der Waals surface area contributed by atoms with Gasteiger partial charge in [0.15, 0.2) is 0 Å². The minimum Gasteiger partial charge on any atom is -0.476 e. The second-order valence-corrected chi connectivity index (χ2v) is 4.67. The van der Waals surface area contributed by atoms with E-state index < -0.39 is 0 Å². The van der Waals surface area contributed by atoms with Crippen molar-refractivity contribution in [2.75, 3.05) is 12.5 Å². The molecule has 1 heterocycles. The molecule has 1 aromatic heterocycles. The number of alkyl halides is 1. The van der Waals surface area contributed by atoms with E-state index in [0.29, 0.717) is 23.4 Å². The Labute approximate surface area is 117 Å². The highest BCUT2D eigenvalue weighted by molar-refractivity contribution is 6.30. The van der Waals surface area contributed by atoms with Gasteiger partial charge >= 0.3 is 0 Å². The maximum absolute atomic E-state index is 6.00. The summed E-state index contributed by atoms with van der Waals surface area (Å²) in [4.78, 5) is 4.39. The van der Waals surface area contributed by atoms with Gasteiger partial charge in [0.05, 0.1) is 5.88 Å². The van der Waals surface area contributed by atoms with E-state index >= 15 is 0 Å². The van der Waals surface area contributed by atoms with E-state index in [2.05, 4.69) is 4.98 Å². The normalized spacial score (nSPS) is 10.4. The lowest BCUT2D eigenvalue weighted by Gasteiger charge is -2.10. The van der Waals surface area contributed by atoms with Crippen LogP contribution in [-0.2, 0) is 0 Å². The van der Waals surface area contributed by atoms with Crippen LogP contribution in [0.3, 0.4) is 0 Å². The number of nitrogens with zero attached hydrogens (tertiary/aromatic N) is 1. The predicted octanol–water partition coefficient (Wildman–Crippen LogP) is 4.33. The molecule has 0 N–H and O–H groups in total. The van der Waals surface area contributed by atoms with Crippen LogP contribution in [0.25, 0.3) is 11.1 Å². The van der Waals surface area contributed by atoms with Gasteiger partial charge in [0.2, 0.25) is 5.88 Å². The fourth-order valence-corrected chi connectivity index (χ4v) is 1.92. The number of halogens is 2. The van der Waals surface area contributed by atoms with Crippen LogP contribution in [0, 0.1) is 6.92 Å². The third kappa shape index (κ3) is 3.15.